The summed E-state index contributed by atoms with van der Waals surface area (Å²) in [6.07, 6.45) is 14.5. The molecule has 2 aliphatic carbocycles. The van der Waals surface area contributed by atoms with Gasteiger partial charge in [0.25, 0.3) is 0 Å². The maximum Gasteiger partial charge on any atom is 0.225 e. The van der Waals surface area contributed by atoms with Crippen molar-refractivity contribution in [2.24, 2.45) is 17.8 Å². The average Bonchev–Trinajstić information content (AvgIpc) is 3.32. The minimum Gasteiger partial charge on any atom is -0.311 e. The maximum atomic E-state index is 13.8. The van der Waals surface area contributed by atoms with Gasteiger partial charge in [0.2, 0.25) is 5.91 Å². The van der Waals surface area contributed by atoms with Crippen molar-refractivity contribution in [3.63, 3.8) is 0 Å². The summed E-state index contributed by atoms with van der Waals surface area (Å²) in [5.41, 5.74) is 3.85. The molecule has 0 bridgehead atoms. The molecule has 31 heavy (non-hydrogen) atoms. The number of pyridine rings is 2. The van der Waals surface area contributed by atoms with Gasteiger partial charge in [-0.25, -0.2) is 9.37 Å². The van der Waals surface area contributed by atoms with E-state index in [2.05, 4.69) is 27.3 Å². The highest BCUT2D eigenvalue weighted by Crippen LogP contribution is 2.49. The Morgan fingerprint density at radius 2 is 2.10 bits per heavy atom. The lowest BCUT2D eigenvalue weighted by molar-refractivity contribution is -0.117. The summed E-state index contributed by atoms with van der Waals surface area (Å²) in [6, 6.07) is 10.2. The molecular formula is C26H22FN3O. The minimum atomic E-state index is -0.241. The van der Waals surface area contributed by atoms with Crippen LogP contribution in [0.25, 0.3) is 16.5 Å². The van der Waals surface area contributed by atoms with Crippen LogP contribution >= 0.6 is 0 Å². The molecule has 0 aliphatic heterocycles. The number of terminal acetylenes is 1. The van der Waals surface area contributed by atoms with Crippen molar-refractivity contribution in [3.8, 4) is 12.3 Å². The van der Waals surface area contributed by atoms with Gasteiger partial charge in [-0.05, 0) is 84.6 Å². The Morgan fingerprint density at radius 3 is 2.87 bits per heavy atom. The number of nitrogens with zero attached hydrogens (tertiary/aromatic N) is 2. The quantitative estimate of drug-likeness (QED) is 0.600. The van der Waals surface area contributed by atoms with Crippen LogP contribution in [0, 0.1) is 35.9 Å². The van der Waals surface area contributed by atoms with E-state index in [0.29, 0.717) is 35.6 Å². The zero-order chi connectivity index (χ0) is 21.4. The second-order valence-corrected chi connectivity index (χ2v) is 8.51. The first-order chi connectivity index (χ1) is 15.1. The van der Waals surface area contributed by atoms with Gasteiger partial charge in [-0.15, -0.1) is 6.42 Å². The SMILES string of the molecule is C#Cc1ccc(NC(=O)C[C@@H]2C[C@@H]3CC(c4ccnc5ccc(F)cc45)=C[C@@H]3C2)nc1. The number of benzene rings is 1. The summed E-state index contributed by atoms with van der Waals surface area (Å²) in [4.78, 5) is 21.0. The molecule has 0 radical (unpaired) electrons. The number of anilines is 1. The molecule has 2 aromatic heterocycles. The van der Waals surface area contributed by atoms with Gasteiger partial charge < -0.3 is 5.32 Å². The number of rotatable bonds is 4. The van der Waals surface area contributed by atoms with Gasteiger partial charge in [-0.1, -0.05) is 12.0 Å². The molecule has 1 saturated carbocycles. The second-order valence-electron chi connectivity index (χ2n) is 8.51. The van der Waals surface area contributed by atoms with Crippen molar-refractivity contribution in [3.05, 3.63) is 71.8 Å². The normalized spacial score (nSPS) is 22.1. The largest absolute Gasteiger partial charge is 0.311 e. The van der Waals surface area contributed by atoms with Crippen LogP contribution in [0.5, 0.6) is 0 Å². The average molecular weight is 411 g/mol. The summed E-state index contributed by atoms with van der Waals surface area (Å²) in [5.74, 6) is 4.17. The smallest absolute Gasteiger partial charge is 0.225 e. The Balaban J connectivity index is 1.24. The van der Waals surface area contributed by atoms with E-state index in [9.17, 15) is 9.18 Å². The first kappa shape index (κ1) is 19.4. The molecule has 3 atom stereocenters. The fourth-order valence-corrected chi connectivity index (χ4v) is 5.10. The van der Waals surface area contributed by atoms with Crippen LogP contribution in [0.4, 0.5) is 10.2 Å². The number of nitrogens with one attached hydrogen (secondary N) is 1. The topological polar surface area (TPSA) is 54.9 Å². The number of halogens is 1. The molecule has 0 saturated heterocycles. The Labute approximate surface area is 180 Å². The molecule has 1 aromatic carbocycles. The van der Waals surface area contributed by atoms with Crippen LogP contribution in [0.15, 0.2) is 54.9 Å². The van der Waals surface area contributed by atoms with E-state index in [1.165, 1.54) is 11.6 Å². The predicted octanol–water partition coefficient (Wildman–Crippen LogP) is 5.21. The zero-order valence-electron chi connectivity index (χ0n) is 17.0. The molecule has 154 valence electrons. The second kappa shape index (κ2) is 7.96. The van der Waals surface area contributed by atoms with Crippen molar-refractivity contribution in [2.45, 2.75) is 25.7 Å². The van der Waals surface area contributed by atoms with Gasteiger partial charge in [-0.3, -0.25) is 9.78 Å². The fourth-order valence-electron chi connectivity index (χ4n) is 5.10. The van der Waals surface area contributed by atoms with E-state index in [-0.39, 0.29) is 11.7 Å². The van der Waals surface area contributed by atoms with Crippen LogP contribution in [0.1, 0.15) is 36.8 Å². The highest BCUT2D eigenvalue weighted by atomic mass is 19.1. The van der Waals surface area contributed by atoms with Crippen molar-refractivity contribution in [1.29, 1.82) is 0 Å². The van der Waals surface area contributed by atoms with Crippen LogP contribution in [-0.4, -0.2) is 15.9 Å². The van der Waals surface area contributed by atoms with E-state index < -0.39 is 0 Å². The molecule has 5 rings (SSSR count). The minimum absolute atomic E-state index is 0.00858. The number of fused-ring (bicyclic) bond motifs is 2. The van der Waals surface area contributed by atoms with Gasteiger partial charge in [0.05, 0.1) is 5.52 Å². The third kappa shape index (κ3) is 3.94. The van der Waals surface area contributed by atoms with E-state index in [4.69, 9.17) is 6.42 Å². The van der Waals surface area contributed by atoms with E-state index in [1.54, 1.807) is 36.7 Å². The molecule has 5 heteroatoms. The van der Waals surface area contributed by atoms with Gasteiger partial charge in [-0.2, -0.15) is 0 Å². The highest BCUT2D eigenvalue weighted by molar-refractivity contribution is 5.92. The number of carbonyl (C=O) groups excluding carboxylic acids is 1. The molecule has 1 amide bonds. The molecule has 3 aromatic rings. The summed E-state index contributed by atoms with van der Waals surface area (Å²) in [6.45, 7) is 0. The maximum absolute atomic E-state index is 13.8. The number of allylic oxidation sites excluding steroid dienone is 2. The van der Waals surface area contributed by atoms with Crippen LogP contribution in [-0.2, 0) is 4.79 Å². The van der Waals surface area contributed by atoms with Crippen molar-refractivity contribution >= 4 is 28.2 Å². The summed E-state index contributed by atoms with van der Waals surface area (Å²) in [5, 5.41) is 3.74. The number of hydrogen-bond acceptors (Lipinski definition) is 3. The number of carbonyl (C=O) groups is 1. The van der Waals surface area contributed by atoms with Crippen molar-refractivity contribution in [2.75, 3.05) is 5.32 Å². The highest BCUT2D eigenvalue weighted by Gasteiger charge is 2.38. The fraction of sp³-hybridized carbons (Fsp3) is 0.269. The van der Waals surface area contributed by atoms with E-state index >= 15 is 0 Å². The van der Waals surface area contributed by atoms with Crippen LogP contribution in [0.2, 0.25) is 0 Å². The van der Waals surface area contributed by atoms with E-state index in [0.717, 1.165) is 35.7 Å². The van der Waals surface area contributed by atoms with Gasteiger partial charge in [0.15, 0.2) is 0 Å². The third-order valence-corrected chi connectivity index (χ3v) is 6.47. The summed E-state index contributed by atoms with van der Waals surface area (Å²) >= 11 is 0. The molecule has 0 spiro atoms. The third-order valence-electron chi connectivity index (χ3n) is 6.47. The lowest BCUT2D eigenvalue weighted by Crippen LogP contribution is -2.16. The number of aromatic nitrogens is 2. The molecule has 2 heterocycles. The summed E-state index contributed by atoms with van der Waals surface area (Å²) < 4.78 is 13.8. The molecular weight excluding hydrogens is 389 g/mol. The van der Waals surface area contributed by atoms with Gasteiger partial charge in [0, 0.05) is 29.8 Å². The molecule has 1 N–H and O–H groups in total. The predicted molar refractivity (Wildman–Crippen MR) is 119 cm³/mol. The van der Waals surface area contributed by atoms with Crippen molar-refractivity contribution in [1.82, 2.24) is 9.97 Å². The Bertz CT molecular complexity index is 1230. The number of hydrogen-bond donors (Lipinski definition) is 1. The zero-order valence-corrected chi connectivity index (χ0v) is 17.0. The van der Waals surface area contributed by atoms with Crippen LogP contribution < -0.4 is 5.32 Å². The lowest BCUT2D eigenvalue weighted by atomic mass is 9.94. The molecule has 0 unspecified atom stereocenters. The lowest BCUT2D eigenvalue weighted by Gasteiger charge is -2.13. The number of amides is 1. The molecule has 2 aliphatic rings. The van der Waals surface area contributed by atoms with E-state index in [1.807, 2.05) is 6.07 Å². The monoisotopic (exact) mass is 411 g/mol. The standard InChI is InChI=1S/C26H22FN3O/c1-2-16-3-6-25(29-15-16)30-26(31)11-17-9-18-12-20(13-19(18)10-17)22-7-8-28-24-5-4-21(27)14-23(22)24/h1,3-8,12,14-15,17-19H,9-11,13H2,(H,29,30,31)/t17-,18-,19+/m0/s1. The van der Waals surface area contributed by atoms with Gasteiger partial charge >= 0.3 is 0 Å². The van der Waals surface area contributed by atoms with Crippen LogP contribution in [0.3, 0.4) is 0 Å². The Hall–Kier alpha value is -3.52. The Morgan fingerprint density at radius 1 is 1.19 bits per heavy atom. The first-order valence-electron chi connectivity index (χ1n) is 10.6. The molecule has 4 nitrogen and oxygen atoms in total. The summed E-state index contributed by atoms with van der Waals surface area (Å²) in [7, 11) is 0. The Kier molecular flexibility index (Phi) is 4.99. The molecule has 1 fully saturated rings. The first-order valence-corrected chi connectivity index (χ1v) is 10.6. The van der Waals surface area contributed by atoms with Crippen molar-refractivity contribution < 1.29 is 9.18 Å². The van der Waals surface area contributed by atoms with Gasteiger partial charge in [0.1, 0.15) is 11.6 Å².